The van der Waals surface area contributed by atoms with Crippen molar-refractivity contribution in [3.05, 3.63) is 20.8 Å². The van der Waals surface area contributed by atoms with Crippen molar-refractivity contribution in [3.63, 3.8) is 0 Å². The van der Waals surface area contributed by atoms with E-state index >= 15 is 0 Å². The Bertz CT molecular complexity index is 248. The van der Waals surface area contributed by atoms with Crippen LogP contribution in [0.3, 0.4) is 0 Å². The molecule has 0 aliphatic heterocycles. The minimum absolute atomic E-state index is 0.862. The Balaban J connectivity index is 2.08. The van der Waals surface area contributed by atoms with Crippen molar-refractivity contribution in [2.75, 3.05) is 0 Å². The van der Waals surface area contributed by atoms with Gasteiger partial charge in [0.15, 0.2) is 0 Å². The second-order valence-corrected chi connectivity index (χ2v) is 5.81. The average Bonchev–Trinajstić information content (AvgIpc) is 2.54. The zero-order valence-corrected chi connectivity index (χ0v) is 9.46. The Morgan fingerprint density at radius 2 is 2.00 bits per heavy atom. The molecule has 0 spiro atoms. The smallest absolute Gasteiger partial charge is 0.0701 e. The zero-order chi connectivity index (χ0) is 8.39. The predicted molar refractivity (Wildman–Crippen MR) is 57.8 cm³/mol. The third kappa shape index (κ3) is 1.91. The van der Waals surface area contributed by atoms with Crippen LogP contribution in [0, 0.1) is 0 Å². The highest BCUT2D eigenvalue weighted by Gasteiger charge is 2.15. The van der Waals surface area contributed by atoms with Gasteiger partial charge in [0.2, 0.25) is 0 Å². The molecule has 1 aliphatic carbocycles. The molecule has 0 nitrogen and oxygen atoms in total. The molecule has 1 saturated carbocycles. The van der Waals surface area contributed by atoms with E-state index in [0.717, 1.165) is 5.92 Å². The molecule has 1 fully saturated rings. The lowest BCUT2D eigenvalue weighted by Gasteiger charge is -2.20. The van der Waals surface area contributed by atoms with Gasteiger partial charge in [-0.1, -0.05) is 19.3 Å². The summed E-state index contributed by atoms with van der Waals surface area (Å²) in [5.41, 5.74) is 1.56. The molecule has 0 saturated heterocycles. The van der Waals surface area contributed by atoms with Crippen molar-refractivity contribution >= 4 is 27.3 Å². The van der Waals surface area contributed by atoms with Gasteiger partial charge in [-0.05, 0) is 51.7 Å². The van der Waals surface area contributed by atoms with E-state index in [2.05, 4.69) is 27.4 Å². The molecule has 12 heavy (non-hydrogen) atoms. The van der Waals surface area contributed by atoms with Crippen molar-refractivity contribution in [1.29, 1.82) is 0 Å². The van der Waals surface area contributed by atoms with Crippen molar-refractivity contribution in [2.45, 2.75) is 38.0 Å². The summed E-state index contributed by atoms with van der Waals surface area (Å²) in [5.74, 6) is 0.862. The van der Waals surface area contributed by atoms with E-state index in [1.165, 1.54) is 35.9 Å². The van der Waals surface area contributed by atoms with Gasteiger partial charge in [-0.2, -0.15) is 0 Å². The lowest BCUT2D eigenvalue weighted by Crippen LogP contribution is -2.02. The Morgan fingerprint density at radius 3 is 2.58 bits per heavy atom. The third-order valence-corrected chi connectivity index (χ3v) is 4.19. The summed E-state index contributed by atoms with van der Waals surface area (Å²) in [6.45, 7) is 0. The van der Waals surface area contributed by atoms with E-state index in [9.17, 15) is 0 Å². The van der Waals surface area contributed by atoms with E-state index in [4.69, 9.17) is 0 Å². The van der Waals surface area contributed by atoms with Gasteiger partial charge in [0, 0.05) is 0 Å². The molecule has 1 heterocycles. The lowest BCUT2D eigenvalue weighted by atomic mass is 9.85. The third-order valence-electron chi connectivity index (χ3n) is 2.66. The molecule has 1 aromatic heterocycles. The molecule has 0 radical (unpaired) electrons. The first kappa shape index (κ1) is 8.76. The molecule has 1 aliphatic rings. The molecule has 0 aromatic carbocycles. The first-order valence-electron chi connectivity index (χ1n) is 4.60. The van der Waals surface area contributed by atoms with Gasteiger partial charge in [0.05, 0.1) is 3.79 Å². The molecule has 2 heteroatoms. The van der Waals surface area contributed by atoms with Gasteiger partial charge >= 0.3 is 0 Å². The van der Waals surface area contributed by atoms with Crippen LogP contribution in [0.5, 0.6) is 0 Å². The maximum absolute atomic E-state index is 3.52. The maximum atomic E-state index is 3.52. The molecule has 0 unspecified atom stereocenters. The van der Waals surface area contributed by atoms with Crippen LogP contribution in [0.25, 0.3) is 0 Å². The summed E-state index contributed by atoms with van der Waals surface area (Å²) in [4.78, 5) is 0. The quantitative estimate of drug-likeness (QED) is 0.680. The normalized spacial score (nSPS) is 19.8. The van der Waals surface area contributed by atoms with Crippen LogP contribution in [-0.4, -0.2) is 0 Å². The Kier molecular flexibility index (Phi) is 2.87. The molecule has 1 aromatic rings. The van der Waals surface area contributed by atoms with E-state index in [0.29, 0.717) is 0 Å². The number of halogens is 1. The number of thiophene rings is 1. The summed E-state index contributed by atoms with van der Waals surface area (Å²) < 4.78 is 1.28. The van der Waals surface area contributed by atoms with E-state index in [1.807, 2.05) is 11.3 Å². The lowest BCUT2D eigenvalue weighted by molar-refractivity contribution is 0.444. The fraction of sp³-hybridized carbons (Fsp3) is 0.600. The topological polar surface area (TPSA) is 0 Å². The first-order chi connectivity index (χ1) is 5.86. The van der Waals surface area contributed by atoms with Crippen LogP contribution >= 0.6 is 27.3 Å². The molecule has 0 N–H and O–H groups in total. The molecule has 2 rings (SSSR count). The van der Waals surface area contributed by atoms with Crippen LogP contribution in [0.15, 0.2) is 15.2 Å². The van der Waals surface area contributed by atoms with E-state index < -0.39 is 0 Å². The average molecular weight is 245 g/mol. The summed E-state index contributed by atoms with van der Waals surface area (Å²) in [6, 6.07) is 2.29. The summed E-state index contributed by atoms with van der Waals surface area (Å²) >= 11 is 5.33. The summed E-state index contributed by atoms with van der Waals surface area (Å²) in [7, 11) is 0. The van der Waals surface area contributed by atoms with Crippen molar-refractivity contribution < 1.29 is 0 Å². The highest BCUT2D eigenvalue weighted by molar-refractivity contribution is 9.11. The predicted octanol–water partition coefficient (Wildman–Crippen LogP) is 4.56. The molecule has 0 bridgehead atoms. The molecular formula is C10H13BrS. The van der Waals surface area contributed by atoms with Gasteiger partial charge in [-0.3, -0.25) is 0 Å². The van der Waals surface area contributed by atoms with Crippen molar-refractivity contribution in [1.82, 2.24) is 0 Å². The maximum Gasteiger partial charge on any atom is 0.0701 e. The summed E-state index contributed by atoms with van der Waals surface area (Å²) in [5, 5.41) is 2.31. The minimum Gasteiger partial charge on any atom is -0.137 e. The first-order valence-corrected chi connectivity index (χ1v) is 6.27. The van der Waals surface area contributed by atoms with Crippen LogP contribution in [-0.2, 0) is 0 Å². The van der Waals surface area contributed by atoms with Crippen molar-refractivity contribution in [3.8, 4) is 0 Å². The number of rotatable bonds is 1. The molecule has 66 valence electrons. The number of hydrogen-bond acceptors (Lipinski definition) is 1. The highest BCUT2D eigenvalue weighted by Crippen LogP contribution is 2.35. The Hall–Kier alpha value is 0.180. The fourth-order valence-electron chi connectivity index (χ4n) is 1.97. The zero-order valence-electron chi connectivity index (χ0n) is 7.05. The molecule has 0 amide bonds. The summed E-state index contributed by atoms with van der Waals surface area (Å²) in [6.07, 6.45) is 7.12. The van der Waals surface area contributed by atoms with Crippen LogP contribution in [0.4, 0.5) is 0 Å². The largest absolute Gasteiger partial charge is 0.137 e. The van der Waals surface area contributed by atoms with Crippen LogP contribution < -0.4 is 0 Å². The Labute approximate surface area is 86.1 Å². The molecular weight excluding hydrogens is 232 g/mol. The monoisotopic (exact) mass is 244 g/mol. The second kappa shape index (κ2) is 3.93. The molecule has 0 atom stereocenters. The van der Waals surface area contributed by atoms with E-state index in [-0.39, 0.29) is 0 Å². The fourth-order valence-corrected chi connectivity index (χ4v) is 3.23. The number of hydrogen-bond donors (Lipinski definition) is 0. The SMILES string of the molecule is Brc1cc(C2CCCCC2)cs1. The Morgan fingerprint density at radius 1 is 1.25 bits per heavy atom. The minimum atomic E-state index is 0.862. The highest BCUT2D eigenvalue weighted by atomic mass is 79.9. The van der Waals surface area contributed by atoms with Crippen LogP contribution in [0.2, 0.25) is 0 Å². The van der Waals surface area contributed by atoms with Gasteiger partial charge in [0.25, 0.3) is 0 Å². The van der Waals surface area contributed by atoms with Gasteiger partial charge in [-0.15, -0.1) is 11.3 Å². The van der Waals surface area contributed by atoms with E-state index in [1.54, 1.807) is 5.56 Å². The van der Waals surface area contributed by atoms with Crippen molar-refractivity contribution in [2.24, 2.45) is 0 Å². The second-order valence-electron chi connectivity index (χ2n) is 3.52. The van der Waals surface area contributed by atoms with Gasteiger partial charge in [-0.25, -0.2) is 0 Å². The standard InChI is InChI=1S/C10H13BrS/c11-10-6-9(7-12-10)8-4-2-1-3-5-8/h6-8H,1-5H2. The van der Waals surface area contributed by atoms with Gasteiger partial charge < -0.3 is 0 Å². The van der Waals surface area contributed by atoms with Crippen LogP contribution in [0.1, 0.15) is 43.6 Å². The van der Waals surface area contributed by atoms with Gasteiger partial charge in [0.1, 0.15) is 0 Å².